The smallest absolute Gasteiger partial charge is 0.314 e. The summed E-state index contributed by atoms with van der Waals surface area (Å²) in [6, 6.07) is 0.415. The summed E-state index contributed by atoms with van der Waals surface area (Å²) in [5.74, 6) is -3.02. The Morgan fingerprint density at radius 1 is 1.20 bits per heavy atom. The summed E-state index contributed by atoms with van der Waals surface area (Å²) in [4.78, 5) is 0.0738. The van der Waals surface area contributed by atoms with Crippen molar-refractivity contribution in [3.8, 4) is 0 Å². The van der Waals surface area contributed by atoms with E-state index in [0.29, 0.717) is 19.2 Å². The first-order valence-corrected chi connectivity index (χ1v) is 8.56. The normalized spacial score (nSPS) is 17.8. The van der Waals surface area contributed by atoms with Crippen molar-refractivity contribution in [3.63, 3.8) is 0 Å². The second-order valence-corrected chi connectivity index (χ2v) is 6.98. The molecule has 1 aromatic rings. The maximum Gasteiger partial charge on any atom is 0.405 e. The van der Waals surface area contributed by atoms with Gasteiger partial charge in [0.15, 0.2) is 11.6 Å². The van der Waals surface area contributed by atoms with E-state index in [4.69, 9.17) is 0 Å². The Kier molecular flexibility index (Phi) is 7.56. The van der Waals surface area contributed by atoms with Crippen LogP contribution in [0.15, 0.2) is 23.1 Å². The van der Waals surface area contributed by atoms with Crippen LogP contribution in [0, 0.1) is 11.6 Å². The molecule has 1 heterocycles. The minimum Gasteiger partial charge on any atom is -0.314 e. The lowest BCUT2D eigenvalue weighted by Gasteiger charge is -2.35. The van der Waals surface area contributed by atoms with Crippen LogP contribution < -0.4 is 10.0 Å². The van der Waals surface area contributed by atoms with Crippen molar-refractivity contribution in [1.82, 2.24) is 14.9 Å². The molecule has 25 heavy (non-hydrogen) atoms. The molecule has 1 unspecified atom stereocenters. The third-order valence-corrected chi connectivity index (χ3v) is 5.08. The predicted molar refractivity (Wildman–Crippen MR) is 83.1 cm³/mol. The number of hydrogen-bond acceptors (Lipinski definition) is 4. The second-order valence-electron chi connectivity index (χ2n) is 5.25. The van der Waals surface area contributed by atoms with Crippen LogP contribution in [-0.2, 0) is 10.0 Å². The van der Waals surface area contributed by atoms with Crippen LogP contribution in [0.3, 0.4) is 0 Å². The summed E-state index contributed by atoms with van der Waals surface area (Å²) in [5.41, 5.74) is 0. The van der Waals surface area contributed by atoms with Gasteiger partial charge in [-0.3, -0.25) is 4.90 Å². The van der Waals surface area contributed by atoms with Crippen molar-refractivity contribution in [3.05, 3.63) is 29.8 Å². The number of benzene rings is 1. The van der Waals surface area contributed by atoms with Gasteiger partial charge in [-0.2, -0.15) is 13.2 Å². The molecule has 12 heteroatoms. The zero-order valence-electron chi connectivity index (χ0n) is 12.8. The molecular weight excluding hydrogens is 393 g/mol. The van der Waals surface area contributed by atoms with E-state index in [0.717, 1.165) is 17.0 Å². The first-order valence-electron chi connectivity index (χ1n) is 7.08. The summed E-state index contributed by atoms with van der Waals surface area (Å²) in [5, 5.41) is 2.89. The predicted octanol–water partition coefficient (Wildman–Crippen LogP) is 1.50. The van der Waals surface area contributed by atoms with E-state index >= 15 is 0 Å². The van der Waals surface area contributed by atoms with Gasteiger partial charge in [0.05, 0.1) is 0 Å². The quantitative estimate of drug-likeness (QED) is 0.724. The molecule has 0 saturated carbocycles. The van der Waals surface area contributed by atoms with Crippen molar-refractivity contribution in [1.29, 1.82) is 0 Å². The monoisotopic (exact) mass is 409 g/mol. The van der Waals surface area contributed by atoms with Gasteiger partial charge < -0.3 is 5.32 Å². The first kappa shape index (κ1) is 22.0. The Labute approximate surface area is 148 Å². The zero-order valence-corrected chi connectivity index (χ0v) is 14.4. The molecule has 5 nitrogen and oxygen atoms in total. The van der Waals surface area contributed by atoms with Crippen molar-refractivity contribution < 1.29 is 30.4 Å². The molecule has 0 radical (unpaired) electrons. The molecule has 0 spiro atoms. The molecule has 0 aromatic heterocycles. The molecule has 0 aliphatic carbocycles. The number of sulfonamides is 1. The van der Waals surface area contributed by atoms with E-state index < -0.39 is 45.3 Å². The third-order valence-electron chi connectivity index (χ3n) is 3.64. The summed E-state index contributed by atoms with van der Waals surface area (Å²) >= 11 is 0. The molecule has 0 amide bonds. The SMILES string of the molecule is Cl.O=S(=O)(NCC(N1CCNCC1)C(F)(F)F)c1cccc(F)c1F. The van der Waals surface area contributed by atoms with E-state index in [1.807, 2.05) is 0 Å². The van der Waals surface area contributed by atoms with E-state index in [-0.39, 0.29) is 25.5 Å². The number of hydrogen-bond donors (Lipinski definition) is 2. The van der Waals surface area contributed by atoms with Crippen LogP contribution in [0.4, 0.5) is 22.0 Å². The molecule has 144 valence electrons. The summed E-state index contributed by atoms with van der Waals surface area (Å²) in [7, 11) is -4.61. The van der Waals surface area contributed by atoms with E-state index in [1.165, 1.54) is 0 Å². The lowest BCUT2D eigenvalue weighted by atomic mass is 10.2. The molecule has 1 aliphatic heterocycles. The molecule has 1 aromatic carbocycles. The molecule has 1 saturated heterocycles. The lowest BCUT2D eigenvalue weighted by Crippen LogP contribution is -2.57. The Hall–Kier alpha value is -1.01. The van der Waals surface area contributed by atoms with E-state index in [9.17, 15) is 30.4 Å². The lowest BCUT2D eigenvalue weighted by molar-refractivity contribution is -0.182. The Balaban J connectivity index is 0.00000312. The van der Waals surface area contributed by atoms with Crippen molar-refractivity contribution in [2.75, 3.05) is 32.7 Å². The Morgan fingerprint density at radius 2 is 1.80 bits per heavy atom. The molecule has 1 atom stereocenters. The highest BCUT2D eigenvalue weighted by Crippen LogP contribution is 2.25. The first-order chi connectivity index (χ1) is 11.1. The van der Waals surface area contributed by atoms with Crippen LogP contribution in [-0.4, -0.2) is 58.3 Å². The van der Waals surface area contributed by atoms with Gasteiger partial charge in [-0.05, 0) is 12.1 Å². The highest BCUT2D eigenvalue weighted by Gasteiger charge is 2.44. The molecule has 2 rings (SSSR count). The van der Waals surface area contributed by atoms with Crippen molar-refractivity contribution in [2.24, 2.45) is 0 Å². The fraction of sp³-hybridized carbons (Fsp3) is 0.538. The van der Waals surface area contributed by atoms with Crippen LogP contribution >= 0.6 is 12.4 Å². The van der Waals surface area contributed by atoms with Crippen LogP contribution in [0.5, 0.6) is 0 Å². The minimum absolute atomic E-state index is 0. The number of rotatable bonds is 5. The Morgan fingerprint density at radius 3 is 2.36 bits per heavy atom. The van der Waals surface area contributed by atoms with E-state index in [2.05, 4.69) is 5.32 Å². The van der Waals surface area contributed by atoms with Gasteiger partial charge in [0, 0.05) is 32.7 Å². The van der Waals surface area contributed by atoms with E-state index in [1.54, 1.807) is 4.72 Å². The topological polar surface area (TPSA) is 61.4 Å². The summed E-state index contributed by atoms with van der Waals surface area (Å²) < 4.78 is 92.0. The summed E-state index contributed by atoms with van der Waals surface area (Å²) in [6.07, 6.45) is -4.67. The zero-order chi connectivity index (χ0) is 18.0. The van der Waals surface area contributed by atoms with Gasteiger partial charge in [-0.1, -0.05) is 6.07 Å². The molecule has 0 bridgehead atoms. The van der Waals surface area contributed by atoms with Crippen LogP contribution in [0.25, 0.3) is 0 Å². The van der Waals surface area contributed by atoms with Gasteiger partial charge >= 0.3 is 6.18 Å². The second kappa shape index (κ2) is 8.58. The average Bonchev–Trinajstić information content (AvgIpc) is 2.49. The van der Waals surface area contributed by atoms with Gasteiger partial charge in [-0.15, -0.1) is 12.4 Å². The number of halogens is 6. The average molecular weight is 410 g/mol. The number of nitrogens with one attached hydrogen (secondary N) is 2. The Bertz CT molecular complexity index is 681. The largest absolute Gasteiger partial charge is 0.405 e. The van der Waals surface area contributed by atoms with Crippen molar-refractivity contribution in [2.45, 2.75) is 17.1 Å². The highest BCUT2D eigenvalue weighted by atomic mass is 35.5. The van der Waals surface area contributed by atoms with Gasteiger partial charge in [0.2, 0.25) is 10.0 Å². The minimum atomic E-state index is -4.67. The fourth-order valence-corrected chi connectivity index (χ4v) is 3.53. The van der Waals surface area contributed by atoms with Crippen LogP contribution in [0.1, 0.15) is 0 Å². The maximum atomic E-state index is 13.6. The molecule has 1 fully saturated rings. The van der Waals surface area contributed by atoms with Gasteiger partial charge in [-0.25, -0.2) is 21.9 Å². The molecular formula is C13H17ClF5N3O2S. The fourth-order valence-electron chi connectivity index (χ4n) is 2.40. The molecule has 1 aliphatic rings. The van der Waals surface area contributed by atoms with Gasteiger partial charge in [0.25, 0.3) is 0 Å². The molecule has 2 N–H and O–H groups in total. The number of alkyl halides is 3. The number of nitrogens with zero attached hydrogens (tertiary/aromatic N) is 1. The third kappa shape index (κ3) is 5.48. The summed E-state index contributed by atoms with van der Waals surface area (Å²) in [6.45, 7) is -0.0992. The maximum absolute atomic E-state index is 13.6. The van der Waals surface area contributed by atoms with Gasteiger partial charge in [0.1, 0.15) is 10.9 Å². The van der Waals surface area contributed by atoms with Crippen molar-refractivity contribution >= 4 is 22.4 Å². The van der Waals surface area contributed by atoms with Crippen LogP contribution in [0.2, 0.25) is 0 Å². The highest BCUT2D eigenvalue weighted by molar-refractivity contribution is 7.89. The standard InChI is InChI=1S/C13H16F5N3O2S.ClH/c14-9-2-1-3-10(12(9)15)24(22,23)20-8-11(13(16,17)18)21-6-4-19-5-7-21;/h1-3,11,19-20H,4-8H2;1H. The number of piperazine rings is 1.